The molecule has 0 amide bonds. The lowest BCUT2D eigenvalue weighted by atomic mass is 10.1. The first-order valence-corrected chi connectivity index (χ1v) is 6.51. The van der Waals surface area contributed by atoms with Crippen molar-refractivity contribution in [1.29, 1.82) is 0 Å². The van der Waals surface area contributed by atoms with Crippen LogP contribution in [-0.4, -0.2) is 29.9 Å². The van der Waals surface area contributed by atoms with Crippen molar-refractivity contribution in [2.24, 2.45) is 0 Å². The van der Waals surface area contributed by atoms with Crippen LogP contribution in [0.2, 0.25) is 0 Å². The van der Waals surface area contributed by atoms with Gasteiger partial charge in [0.1, 0.15) is 25.0 Å². The number of quaternary nitrogens is 1. The third-order valence-electron chi connectivity index (χ3n) is 2.83. The number of ether oxygens (including phenoxy) is 1. The van der Waals surface area contributed by atoms with Crippen molar-refractivity contribution in [1.82, 2.24) is 0 Å². The summed E-state index contributed by atoms with van der Waals surface area (Å²) in [5, 5.41) is 12.0. The Morgan fingerprint density at radius 2 is 1.78 bits per heavy atom. The van der Waals surface area contributed by atoms with E-state index in [1.807, 2.05) is 32.0 Å². The second-order valence-corrected chi connectivity index (χ2v) is 5.99. The first-order valence-electron chi connectivity index (χ1n) is 6.51. The fraction of sp³-hybridized carbons (Fsp3) is 0.600. The van der Waals surface area contributed by atoms with Crippen LogP contribution in [0.1, 0.15) is 31.9 Å². The van der Waals surface area contributed by atoms with Crippen LogP contribution in [0.15, 0.2) is 18.2 Å². The van der Waals surface area contributed by atoms with Gasteiger partial charge in [-0.2, -0.15) is 0 Å². The van der Waals surface area contributed by atoms with E-state index in [2.05, 4.69) is 26.1 Å². The second-order valence-electron chi connectivity index (χ2n) is 5.99. The summed E-state index contributed by atoms with van der Waals surface area (Å²) >= 11 is 0. The fourth-order valence-electron chi connectivity index (χ4n) is 1.76. The molecular formula is C15H26NO2+. The van der Waals surface area contributed by atoms with Crippen molar-refractivity contribution >= 4 is 0 Å². The maximum atomic E-state index is 9.90. The largest absolute Gasteiger partial charge is 0.490 e. The first kappa shape index (κ1) is 15.0. The SMILES string of the molecule is Cc1cccc(C)c1OC[C@H](O)C[NH2+]C(C)(C)C. The van der Waals surface area contributed by atoms with E-state index < -0.39 is 6.10 Å². The predicted octanol–water partition coefficient (Wildman–Crippen LogP) is 1.41. The van der Waals surface area contributed by atoms with Crippen LogP contribution in [0.5, 0.6) is 5.75 Å². The number of nitrogens with two attached hydrogens (primary N) is 1. The topological polar surface area (TPSA) is 46.1 Å². The molecule has 1 atom stereocenters. The molecule has 0 saturated heterocycles. The van der Waals surface area contributed by atoms with Crippen molar-refractivity contribution in [2.45, 2.75) is 46.3 Å². The van der Waals surface area contributed by atoms with Gasteiger partial charge in [0.05, 0.1) is 5.54 Å². The summed E-state index contributed by atoms with van der Waals surface area (Å²) in [4.78, 5) is 0. The number of hydrogen-bond donors (Lipinski definition) is 2. The van der Waals surface area contributed by atoms with E-state index in [0.717, 1.165) is 16.9 Å². The van der Waals surface area contributed by atoms with Gasteiger partial charge in [0.25, 0.3) is 0 Å². The number of aliphatic hydroxyl groups is 1. The molecule has 102 valence electrons. The highest BCUT2D eigenvalue weighted by atomic mass is 16.5. The normalized spacial score (nSPS) is 13.4. The number of rotatable bonds is 5. The van der Waals surface area contributed by atoms with Crippen LogP contribution >= 0.6 is 0 Å². The van der Waals surface area contributed by atoms with Crippen LogP contribution in [0.4, 0.5) is 0 Å². The van der Waals surface area contributed by atoms with E-state index in [1.165, 1.54) is 0 Å². The Morgan fingerprint density at radius 3 is 2.28 bits per heavy atom. The summed E-state index contributed by atoms with van der Waals surface area (Å²) in [5.41, 5.74) is 2.36. The van der Waals surface area contributed by atoms with Gasteiger partial charge in [-0.05, 0) is 45.7 Å². The molecule has 3 N–H and O–H groups in total. The van der Waals surface area contributed by atoms with E-state index in [-0.39, 0.29) is 5.54 Å². The minimum Gasteiger partial charge on any atom is -0.490 e. The van der Waals surface area contributed by atoms with Gasteiger partial charge in [0.15, 0.2) is 0 Å². The molecule has 0 heterocycles. The van der Waals surface area contributed by atoms with E-state index >= 15 is 0 Å². The van der Waals surface area contributed by atoms with Crippen molar-refractivity contribution in [2.75, 3.05) is 13.2 Å². The van der Waals surface area contributed by atoms with Crippen LogP contribution in [0, 0.1) is 13.8 Å². The summed E-state index contributed by atoms with van der Waals surface area (Å²) in [6.07, 6.45) is -0.441. The molecule has 0 fully saturated rings. The molecular weight excluding hydrogens is 226 g/mol. The second kappa shape index (κ2) is 6.21. The molecule has 0 saturated carbocycles. The van der Waals surface area contributed by atoms with Gasteiger partial charge in [-0.3, -0.25) is 0 Å². The number of hydrogen-bond acceptors (Lipinski definition) is 2. The highest BCUT2D eigenvalue weighted by Gasteiger charge is 2.17. The average molecular weight is 252 g/mol. The van der Waals surface area contributed by atoms with Crippen LogP contribution in [0.25, 0.3) is 0 Å². The maximum Gasteiger partial charge on any atom is 0.137 e. The molecule has 0 radical (unpaired) electrons. The minimum atomic E-state index is -0.441. The summed E-state index contributed by atoms with van der Waals surface area (Å²) in [7, 11) is 0. The van der Waals surface area contributed by atoms with Crippen LogP contribution < -0.4 is 10.1 Å². The zero-order chi connectivity index (χ0) is 13.8. The minimum absolute atomic E-state index is 0.138. The Balaban J connectivity index is 2.45. The van der Waals surface area contributed by atoms with E-state index in [4.69, 9.17) is 4.74 Å². The predicted molar refractivity (Wildman–Crippen MR) is 74.0 cm³/mol. The zero-order valence-electron chi connectivity index (χ0n) is 12.2. The van der Waals surface area contributed by atoms with Gasteiger partial charge in [-0.15, -0.1) is 0 Å². The zero-order valence-corrected chi connectivity index (χ0v) is 12.2. The number of aliphatic hydroxyl groups excluding tert-OH is 1. The smallest absolute Gasteiger partial charge is 0.137 e. The fourth-order valence-corrected chi connectivity index (χ4v) is 1.76. The molecule has 0 aliphatic rings. The Bertz CT molecular complexity index is 362. The quantitative estimate of drug-likeness (QED) is 0.832. The number of benzene rings is 1. The van der Waals surface area contributed by atoms with Gasteiger partial charge < -0.3 is 15.2 Å². The monoisotopic (exact) mass is 252 g/mol. The lowest BCUT2D eigenvalue weighted by Gasteiger charge is -2.20. The molecule has 1 aromatic rings. The Hall–Kier alpha value is -1.06. The van der Waals surface area contributed by atoms with Gasteiger partial charge in [0.2, 0.25) is 0 Å². The molecule has 0 unspecified atom stereocenters. The van der Waals surface area contributed by atoms with Crippen molar-refractivity contribution in [3.05, 3.63) is 29.3 Å². The third-order valence-corrected chi connectivity index (χ3v) is 2.83. The summed E-state index contributed by atoms with van der Waals surface area (Å²) in [5.74, 6) is 0.896. The van der Waals surface area contributed by atoms with E-state index in [1.54, 1.807) is 0 Å². The molecule has 0 aliphatic heterocycles. The summed E-state index contributed by atoms with van der Waals surface area (Å²) in [6, 6.07) is 6.06. The highest BCUT2D eigenvalue weighted by Crippen LogP contribution is 2.22. The Morgan fingerprint density at radius 1 is 1.22 bits per heavy atom. The molecule has 18 heavy (non-hydrogen) atoms. The number of para-hydroxylation sites is 1. The molecule has 0 bridgehead atoms. The van der Waals surface area contributed by atoms with Gasteiger partial charge >= 0.3 is 0 Å². The van der Waals surface area contributed by atoms with Crippen LogP contribution in [0.3, 0.4) is 0 Å². The summed E-state index contributed by atoms with van der Waals surface area (Å²) < 4.78 is 5.72. The average Bonchev–Trinajstić information content (AvgIpc) is 2.25. The van der Waals surface area contributed by atoms with Crippen molar-refractivity contribution < 1.29 is 15.2 Å². The molecule has 0 aromatic heterocycles. The van der Waals surface area contributed by atoms with E-state index in [9.17, 15) is 5.11 Å². The Labute approximate surface area is 110 Å². The standard InChI is InChI=1S/C15H25NO2/c1-11-7-6-8-12(2)14(11)18-10-13(17)9-16-15(3,4)5/h6-8,13,16-17H,9-10H2,1-5H3/p+1/t13-/m1/s1. The van der Waals surface area contributed by atoms with Crippen molar-refractivity contribution in [3.8, 4) is 5.75 Å². The molecule has 3 nitrogen and oxygen atoms in total. The lowest BCUT2D eigenvalue weighted by Crippen LogP contribution is -2.96. The van der Waals surface area contributed by atoms with Gasteiger partial charge in [0, 0.05) is 0 Å². The van der Waals surface area contributed by atoms with Gasteiger partial charge in [-0.25, -0.2) is 0 Å². The summed E-state index contributed by atoms with van der Waals surface area (Å²) in [6.45, 7) is 11.4. The highest BCUT2D eigenvalue weighted by molar-refractivity contribution is 5.39. The Kier molecular flexibility index (Phi) is 5.17. The third kappa shape index (κ3) is 5.07. The van der Waals surface area contributed by atoms with Crippen molar-refractivity contribution in [3.63, 3.8) is 0 Å². The maximum absolute atomic E-state index is 9.90. The first-order chi connectivity index (χ1) is 8.29. The molecule has 0 spiro atoms. The van der Waals surface area contributed by atoms with Gasteiger partial charge in [-0.1, -0.05) is 18.2 Å². The number of aryl methyl sites for hydroxylation is 2. The van der Waals surface area contributed by atoms with E-state index in [0.29, 0.717) is 13.2 Å². The molecule has 3 heteroatoms. The molecule has 0 aliphatic carbocycles. The lowest BCUT2D eigenvalue weighted by molar-refractivity contribution is -0.722. The molecule has 1 aromatic carbocycles. The molecule has 1 rings (SSSR count). The van der Waals surface area contributed by atoms with Crippen LogP contribution in [-0.2, 0) is 0 Å².